The average Bonchev–Trinajstić information content (AvgIpc) is 2.45. The van der Waals surface area contributed by atoms with Gasteiger partial charge in [0.1, 0.15) is 0 Å². The molecule has 3 N–H and O–H groups in total. The highest BCUT2D eigenvalue weighted by Gasteiger charge is 2.58. The number of hydrogen-bond acceptors (Lipinski definition) is 3. The van der Waals surface area contributed by atoms with Gasteiger partial charge in [0.25, 0.3) is 0 Å². The van der Waals surface area contributed by atoms with Gasteiger partial charge in [-0.25, -0.2) is 0 Å². The first-order valence-corrected chi connectivity index (χ1v) is 8.99. The second-order valence-electron chi connectivity index (χ2n) is 9.27. The molecule has 1 saturated carbocycles. The summed E-state index contributed by atoms with van der Waals surface area (Å²) in [4.78, 5) is 0. The van der Waals surface area contributed by atoms with E-state index in [0.29, 0.717) is 24.3 Å². The Morgan fingerprint density at radius 1 is 1.04 bits per heavy atom. The van der Waals surface area contributed by atoms with E-state index < -0.39 is 23.7 Å². The Kier molecular flexibility index (Phi) is 3.87. The van der Waals surface area contributed by atoms with E-state index in [4.69, 9.17) is 0 Å². The van der Waals surface area contributed by atoms with Crippen molar-refractivity contribution in [2.45, 2.75) is 78.1 Å². The van der Waals surface area contributed by atoms with Crippen LogP contribution in [0.4, 0.5) is 0 Å². The fourth-order valence-electron chi connectivity index (χ4n) is 5.97. The molecule has 0 aliphatic heterocycles. The zero-order valence-electron chi connectivity index (χ0n) is 15.0. The minimum absolute atomic E-state index is 0.126. The van der Waals surface area contributed by atoms with Gasteiger partial charge in [-0.2, -0.15) is 0 Å². The molecular weight excluding hydrogens is 288 g/mol. The van der Waals surface area contributed by atoms with Gasteiger partial charge in [0.15, 0.2) is 0 Å². The zero-order valence-corrected chi connectivity index (χ0v) is 15.0. The van der Waals surface area contributed by atoms with Crippen molar-refractivity contribution < 1.29 is 15.3 Å². The highest BCUT2D eigenvalue weighted by molar-refractivity contribution is 5.41. The van der Waals surface area contributed by atoms with Crippen LogP contribution in [-0.4, -0.2) is 33.6 Å². The SMILES string of the molecule is C=CC1(C)CC(O)C2=C(C(O)CC3C(C)(C)CCCC23C)C1O. The maximum atomic E-state index is 11.0. The topological polar surface area (TPSA) is 60.7 Å². The third-order valence-electron chi connectivity index (χ3n) is 7.33. The summed E-state index contributed by atoms with van der Waals surface area (Å²) in [6, 6.07) is 0. The summed E-state index contributed by atoms with van der Waals surface area (Å²) in [6.45, 7) is 12.6. The lowest BCUT2D eigenvalue weighted by Crippen LogP contribution is -2.56. The number of hydrogen-bond donors (Lipinski definition) is 3. The molecule has 3 aliphatic carbocycles. The molecule has 0 saturated heterocycles. The molecule has 3 aliphatic rings. The Balaban J connectivity index is 2.17. The normalized spacial score (nSPS) is 49.3. The van der Waals surface area contributed by atoms with Gasteiger partial charge in [-0.05, 0) is 53.6 Å². The van der Waals surface area contributed by atoms with Gasteiger partial charge in [0.05, 0.1) is 18.3 Å². The van der Waals surface area contributed by atoms with E-state index in [0.717, 1.165) is 24.8 Å². The minimum Gasteiger partial charge on any atom is -0.389 e. The molecule has 3 nitrogen and oxygen atoms in total. The van der Waals surface area contributed by atoms with Crippen molar-refractivity contribution in [1.29, 1.82) is 0 Å². The van der Waals surface area contributed by atoms with Crippen LogP contribution in [0.25, 0.3) is 0 Å². The van der Waals surface area contributed by atoms with Gasteiger partial charge >= 0.3 is 0 Å². The molecule has 0 aromatic carbocycles. The summed E-state index contributed by atoms with van der Waals surface area (Å²) in [6.07, 6.45) is 4.19. The van der Waals surface area contributed by atoms with Gasteiger partial charge in [0, 0.05) is 5.41 Å². The maximum absolute atomic E-state index is 11.0. The van der Waals surface area contributed by atoms with Crippen LogP contribution in [0.1, 0.15) is 59.8 Å². The zero-order chi connectivity index (χ0) is 17.2. The first kappa shape index (κ1) is 17.2. The molecule has 6 atom stereocenters. The quantitative estimate of drug-likeness (QED) is 0.650. The first-order chi connectivity index (χ1) is 10.6. The number of aliphatic hydroxyl groups excluding tert-OH is 3. The fourth-order valence-corrected chi connectivity index (χ4v) is 5.97. The molecule has 0 heterocycles. The Hall–Kier alpha value is -0.640. The van der Waals surface area contributed by atoms with Gasteiger partial charge in [-0.3, -0.25) is 0 Å². The van der Waals surface area contributed by atoms with E-state index in [1.165, 1.54) is 0 Å². The predicted octanol–water partition coefficient (Wildman–Crippen LogP) is 3.20. The monoisotopic (exact) mass is 320 g/mol. The Bertz CT molecular complexity index is 549. The second kappa shape index (κ2) is 5.18. The largest absolute Gasteiger partial charge is 0.389 e. The van der Waals surface area contributed by atoms with Gasteiger partial charge in [-0.15, -0.1) is 6.58 Å². The smallest absolute Gasteiger partial charge is 0.0867 e. The molecule has 3 heteroatoms. The van der Waals surface area contributed by atoms with E-state index in [-0.39, 0.29) is 10.8 Å². The lowest BCUT2D eigenvalue weighted by molar-refractivity contribution is -0.0664. The van der Waals surface area contributed by atoms with Crippen LogP contribution in [0, 0.1) is 22.2 Å². The Morgan fingerprint density at radius 2 is 1.70 bits per heavy atom. The third kappa shape index (κ3) is 2.27. The lowest BCUT2D eigenvalue weighted by atomic mass is 9.46. The molecule has 6 unspecified atom stereocenters. The van der Waals surface area contributed by atoms with Crippen LogP contribution >= 0.6 is 0 Å². The molecule has 0 bridgehead atoms. The second-order valence-corrected chi connectivity index (χ2v) is 9.27. The predicted molar refractivity (Wildman–Crippen MR) is 91.8 cm³/mol. The Labute approximate surface area is 140 Å². The molecular formula is C20H32O3. The summed E-state index contributed by atoms with van der Waals surface area (Å²) < 4.78 is 0. The van der Waals surface area contributed by atoms with Gasteiger partial charge in [0.2, 0.25) is 0 Å². The summed E-state index contributed by atoms with van der Waals surface area (Å²) in [7, 11) is 0. The first-order valence-electron chi connectivity index (χ1n) is 8.99. The molecule has 0 aromatic heterocycles. The van der Waals surface area contributed by atoms with Crippen molar-refractivity contribution in [2.75, 3.05) is 0 Å². The van der Waals surface area contributed by atoms with E-state index in [1.807, 2.05) is 6.92 Å². The minimum atomic E-state index is -0.754. The maximum Gasteiger partial charge on any atom is 0.0867 e. The van der Waals surface area contributed by atoms with E-state index in [1.54, 1.807) is 6.08 Å². The number of aliphatic hydroxyl groups is 3. The van der Waals surface area contributed by atoms with E-state index in [2.05, 4.69) is 27.4 Å². The van der Waals surface area contributed by atoms with Crippen LogP contribution in [0.3, 0.4) is 0 Å². The molecule has 0 spiro atoms. The highest BCUT2D eigenvalue weighted by atomic mass is 16.3. The molecule has 130 valence electrons. The molecule has 0 aromatic rings. The van der Waals surface area contributed by atoms with Crippen molar-refractivity contribution >= 4 is 0 Å². The van der Waals surface area contributed by atoms with Crippen LogP contribution in [0.15, 0.2) is 23.8 Å². The molecule has 0 radical (unpaired) electrons. The summed E-state index contributed by atoms with van der Waals surface area (Å²) >= 11 is 0. The molecule has 23 heavy (non-hydrogen) atoms. The fraction of sp³-hybridized carbons (Fsp3) is 0.800. The standard InChI is InChI=1S/C20H32O3/c1-6-19(4)11-13(22)16-15(17(19)23)12(21)10-14-18(2,3)8-7-9-20(14,16)5/h6,12-14,17,21-23H,1,7-11H2,2-5H3. The molecule has 0 amide bonds. The Morgan fingerprint density at radius 3 is 2.30 bits per heavy atom. The average molecular weight is 320 g/mol. The van der Waals surface area contributed by atoms with Crippen LogP contribution in [0.2, 0.25) is 0 Å². The third-order valence-corrected chi connectivity index (χ3v) is 7.33. The van der Waals surface area contributed by atoms with Gasteiger partial charge in [-0.1, -0.05) is 40.2 Å². The summed E-state index contributed by atoms with van der Waals surface area (Å²) in [5.41, 5.74) is 1.06. The highest BCUT2D eigenvalue weighted by Crippen LogP contribution is 2.62. The van der Waals surface area contributed by atoms with Crippen LogP contribution in [0.5, 0.6) is 0 Å². The van der Waals surface area contributed by atoms with Crippen molar-refractivity contribution in [1.82, 2.24) is 0 Å². The van der Waals surface area contributed by atoms with Crippen LogP contribution < -0.4 is 0 Å². The summed E-state index contributed by atoms with van der Waals surface area (Å²) in [5, 5.41) is 32.7. The van der Waals surface area contributed by atoms with E-state index >= 15 is 0 Å². The molecule has 3 rings (SSSR count). The lowest BCUT2D eigenvalue weighted by Gasteiger charge is -2.59. The van der Waals surface area contributed by atoms with Gasteiger partial charge < -0.3 is 15.3 Å². The molecule has 1 fully saturated rings. The van der Waals surface area contributed by atoms with Crippen LogP contribution in [-0.2, 0) is 0 Å². The van der Waals surface area contributed by atoms with Crippen molar-refractivity contribution in [3.8, 4) is 0 Å². The van der Waals surface area contributed by atoms with Crippen molar-refractivity contribution in [3.05, 3.63) is 23.8 Å². The number of rotatable bonds is 1. The van der Waals surface area contributed by atoms with Crippen molar-refractivity contribution in [3.63, 3.8) is 0 Å². The van der Waals surface area contributed by atoms with Crippen molar-refractivity contribution in [2.24, 2.45) is 22.2 Å². The number of fused-ring (bicyclic) bond motifs is 2. The van der Waals surface area contributed by atoms with E-state index in [9.17, 15) is 15.3 Å². The summed E-state index contributed by atoms with van der Waals surface area (Å²) in [5.74, 6) is 0.340.